The van der Waals surface area contributed by atoms with E-state index in [1.807, 2.05) is 37.3 Å². The number of benzene rings is 2. The zero-order valence-electron chi connectivity index (χ0n) is 14.7. The first-order valence-electron chi connectivity index (χ1n) is 8.37. The topological polar surface area (TPSA) is 83.4 Å². The van der Waals surface area contributed by atoms with E-state index in [0.29, 0.717) is 16.3 Å². The number of Topliss-reactive ketones (excluding diaryl/α,β-unsaturated/α-hetero) is 1. The SMILES string of the molecule is Cc1ccc(/C(O)=C2/C(=O)C(=O)N(c3nncs3)C2c2cccc(Br)c2)cc1. The van der Waals surface area contributed by atoms with Gasteiger partial charge in [0, 0.05) is 10.0 Å². The Hall–Kier alpha value is -2.84. The molecular weight excluding hydrogens is 442 g/mol. The summed E-state index contributed by atoms with van der Waals surface area (Å²) >= 11 is 4.58. The van der Waals surface area contributed by atoms with E-state index in [2.05, 4.69) is 26.1 Å². The molecule has 0 bridgehead atoms. The molecule has 1 aliphatic heterocycles. The Kier molecular flexibility index (Phi) is 4.82. The summed E-state index contributed by atoms with van der Waals surface area (Å²) in [5.74, 6) is -1.70. The standard InChI is InChI=1S/C20H14BrN3O3S/c1-11-5-7-12(8-6-11)17(25)15-16(13-3-2-4-14(21)9-13)24(19(27)18(15)26)20-23-22-10-28-20/h2-10,16,25H,1H3/b17-15-. The summed E-state index contributed by atoms with van der Waals surface area (Å²) in [6, 6.07) is 13.6. The zero-order chi connectivity index (χ0) is 19.8. The number of aryl methyl sites for hydroxylation is 1. The summed E-state index contributed by atoms with van der Waals surface area (Å²) in [7, 11) is 0. The number of aliphatic hydroxyl groups is 1. The number of carbonyl (C=O) groups is 2. The quantitative estimate of drug-likeness (QED) is 0.362. The van der Waals surface area contributed by atoms with E-state index in [-0.39, 0.29) is 11.3 Å². The van der Waals surface area contributed by atoms with Crippen molar-refractivity contribution < 1.29 is 14.7 Å². The molecule has 1 aromatic heterocycles. The maximum Gasteiger partial charge on any atom is 0.301 e. The Morgan fingerprint density at radius 2 is 1.93 bits per heavy atom. The fraction of sp³-hybridized carbons (Fsp3) is 0.100. The van der Waals surface area contributed by atoms with Crippen LogP contribution >= 0.6 is 27.3 Å². The number of rotatable bonds is 3. The second-order valence-corrected chi connectivity index (χ2v) is 8.04. The normalized spacial score (nSPS) is 18.6. The highest BCUT2D eigenvalue weighted by Gasteiger charge is 2.48. The fourth-order valence-electron chi connectivity index (χ4n) is 3.16. The molecule has 1 aliphatic rings. The van der Waals surface area contributed by atoms with Crippen LogP contribution in [0.2, 0.25) is 0 Å². The van der Waals surface area contributed by atoms with E-state index in [0.717, 1.165) is 21.4 Å². The molecular formula is C20H14BrN3O3S. The number of carbonyl (C=O) groups excluding carboxylic acids is 2. The Labute approximate surface area is 173 Å². The van der Waals surface area contributed by atoms with Gasteiger partial charge in [-0.15, -0.1) is 10.2 Å². The molecule has 140 valence electrons. The summed E-state index contributed by atoms with van der Waals surface area (Å²) in [4.78, 5) is 27.0. The van der Waals surface area contributed by atoms with Crippen molar-refractivity contribution in [1.82, 2.24) is 10.2 Å². The Bertz CT molecular complexity index is 1090. The Morgan fingerprint density at radius 3 is 2.57 bits per heavy atom. The molecule has 6 nitrogen and oxygen atoms in total. The van der Waals surface area contributed by atoms with Gasteiger partial charge in [-0.05, 0) is 24.6 Å². The molecule has 1 atom stereocenters. The number of nitrogens with zero attached hydrogens (tertiary/aromatic N) is 3. The van der Waals surface area contributed by atoms with Gasteiger partial charge in [0.25, 0.3) is 5.78 Å². The molecule has 2 heterocycles. The van der Waals surface area contributed by atoms with Gasteiger partial charge in [-0.2, -0.15) is 0 Å². The first kappa shape index (κ1) is 18.5. The predicted octanol–water partition coefficient (Wildman–Crippen LogP) is 4.24. The molecule has 28 heavy (non-hydrogen) atoms. The molecule has 3 aromatic rings. The minimum absolute atomic E-state index is 0.0298. The zero-order valence-corrected chi connectivity index (χ0v) is 17.1. The average molecular weight is 456 g/mol. The third kappa shape index (κ3) is 3.14. The van der Waals surface area contributed by atoms with Crippen molar-refractivity contribution in [2.24, 2.45) is 0 Å². The Morgan fingerprint density at radius 1 is 1.18 bits per heavy atom. The number of hydrogen-bond donors (Lipinski definition) is 1. The highest BCUT2D eigenvalue weighted by atomic mass is 79.9. The van der Waals surface area contributed by atoms with Gasteiger partial charge in [0.1, 0.15) is 11.3 Å². The molecule has 8 heteroatoms. The van der Waals surface area contributed by atoms with Crippen molar-refractivity contribution in [3.05, 3.63) is 80.8 Å². The summed E-state index contributed by atoms with van der Waals surface area (Å²) in [5, 5.41) is 19.0. The van der Waals surface area contributed by atoms with Crippen LogP contribution in [0.5, 0.6) is 0 Å². The first-order chi connectivity index (χ1) is 13.5. The highest BCUT2D eigenvalue weighted by Crippen LogP contribution is 2.42. The molecule has 1 unspecified atom stereocenters. The minimum atomic E-state index is -0.799. The van der Waals surface area contributed by atoms with Crippen LogP contribution in [0.15, 0.2) is 64.1 Å². The van der Waals surface area contributed by atoms with Gasteiger partial charge in [0.2, 0.25) is 5.13 Å². The van der Waals surface area contributed by atoms with Gasteiger partial charge in [0.15, 0.2) is 0 Å². The maximum absolute atomic E-state index is 12.9. The minimum Gasteiger partial charge on any atom is -0.507 e. The summed E-state index contributed by atoms with van der Waals surface area (Å²) < 4.78 is 0.795. The lowest BCUT2D eigenvalue weighted by atomic mass is 9.95. The van der Waals surface area contributed by atoms with Crippen molar-refractivity contribution in [3.63, 3.8) is 0 Å². The van der Waals surface area contributed by atoms with E-state index in [4.69, 9.17) is 0 Å². The maximum atomic E-state index is 12.9. The molecule has 0 saturated carbocycles. The third-order valence-corrected chi connectivity index (χ3v) is 5.67. The van der Waals surface area contributed by atoms with Crippen LogP contribution in [-0.4, -0.2) is 27.0 Å². The summed E-state index contributed by atoms with van der Waals surface area (Å²) in [5.41, 5.74) is 3.70. The fourth-order valence-corrected chi connectivity index (χ4v) is 4.16. The van der Waals surface area contributed by atoms with E-state index >= 15 is 0 Å². The number of anilines is 1. The van der Waals surface area contributed by atoms with Gasteiger partial charge < -0.3 is 5.11 Å². The van der Waals surface area contributed by atoms with Crippen LogP contribution in [-0.2, 0) is 9.59 Å². The predicted molar refractivity (Wildman–Crippen MR) is 110 cm³/mol. The van der Waals surface area contributed by atoms with Gasteiger partial charge in [-0.3, -0.25) is 14.5 Å². The molecule has 4 rings (SSSR count). The second kappa shape index (κ2) is 7.29. The van der Waals surface area contributed by atoms with Crippen LogP contribution in [0.25, 0.3) is 5.76 Å². The van der Waals surface area contributed by atoms with Crippen molar-refractivity contribution in [2.75, 3.05) is 4.90 Å². The smallest absolute Gasteiger partial charge is 0.301 e. The molecule has 1 fully saturated rings. The molecule has 1 saturated heterocycles. The van der Waals surface area contributed by atoms with Crippen LogP contribution in [0.1, 0.15) is 22.7 Å². The van der Waals surface area contributed by atoms with Gasteiger partial charge >= 0.3 is 5.91 Å². The van der Waals surface area contributed by atoms with E-state index in [9.17, 15) is 14.7 Å². The van der Waals surface area contributed by atoms with Crippen LogP contribution in [0, 0.1) is 6.92 Å². The number of hydrogen-bond acceptors (Lipinski definition) is 6. The van der Waals surface area contributed by atoms with Crippen LogP contribution in [0.3, 0.4) is 0 Å². The van der Waals surface area contributed by atoms with Crippen molar-refractivity contribution in [1.29, 1.82) is 0 Å². The first-order valence-corrected chi connectivity index (χ1v) is 10.0. The van der Waals surface area contributed by atoms with Crippen molar-refractivity contribution in [3.8, 4) is 0 Å². The number of amides is 1. The molecule has 0 radical (unpaired) electrons. The van der Waals surface area contributed by atoms with Crippen molar-refractivity contribution in [2.45, 2.75) is 13.0 Å². The number of aliphatic hydroxyl groups excluding tert-OH is 1. The van der Waals surface area contributed by atoms with Gasteiger partial charge in [-0.25, -0.2) is 0 Å². The lowest BCUT2D eigenvalue weighted by molar-refractivity contribution is -0.132. The number of halogens is 1. The Balaban J connectivity index is 1.95. The molecule has 1 N–H and O–H groups in total. The van der Waals surface area contributed by atoms with Gasteiger partial charge in [0.05, 0.1) is 11.6 Å². The second-order valence-electron chi connectivity index (χ2n) is 6.31. The van der Waals surface area contributed by atoms with E-state index < -0.39 is 17.7 Å². The van der Waals surface area contributed by atoms with Crippen LogP contribution < -0.4 is 4.90 Å². The van der Waals surface area contributed by atoms with E-state index in [1.54, 1.807) is 18.2 Å². The molecule has 0 spiro atoms. The van der Waals surface area contributed by atoms with Crippen LogP contribution in [0.4, 0.5) is 5.13 Å². The average Bonchev–Trinajstić information content (AvgIpc) is 3.29. The van der Waals surface area contributed by atoms with Crippen molar-refractivity contribution >= 4 is 49.8 Å². The summed E-state index contributed by atoms with van der Waals surface area (Å²) in [6.07, 6.45) is 0. The molecule has 1 amide bonds. The molecule has 2 aromatic carbocycles. The summed E-state index contributed by atoms with van der Waals surface area (Å²) in [6.45, 7) is 1.93. The van der Waals surface area contributed by atoms with Gasteiger partial charge in [-0.1, -0.05) is 69.2 Å². The monoisotopic (exact) mass is 455 g/mol. The number of aromatic nitrogens is 2. The largest absolute Gasteiger partial charge is 0.507 e. The lowest BCUT2D eigenvalue weighted by Gasteiger charge is -2.22. The molecule has 0 aliphatic carbocycles. The highest BCUT2D eigenvalue weighted by molar-refractivity contribution is 9.10. The third-order valence-electron chi connectivity index (χ3n) is 4.49. The van der Waals surface area contributed by atoms with E-state index in [1.165, 1.54) is 10.4 Å². The number of ketones is 1. The lowest BCUT2D eigenvalue weighted by Crippen LogP contribution is -2.29.